The van der Waals surface area contributed by atoms with E-state index in [0.717, 1.165) is 13.1 Å². The van der Waals surface area contributed by atoms with Crippen molar-refractivity contribution in [2.45, 2.75) is 58.3 Å². The Kier molecular flexibility index (Phi) is 9.50. The summed E-state index contributed by atoms with van der Waals surface area (Å²) in [6, 6.07) is 63.5. The first-order valence-corrected chi connectivity index (χ1v) is 21.0. The topological polar surface area (TPSA) is 6.25 Å². The molecule has 6 aromatic rings. The highest BCUT2D eigenvalue weighted by molar-refractivity contribution is 7.80. The number of rotatable bonds is 10. The molecule has 2 bridgehead atoms. The third-order valence-corrected chi connectivity index (χ3v) is 16.8. The van der Waals surface area contributed by atoms with Gasteiger partial charge in [-0.15, -0.1) is 0 Å². The van der Waals surface area contributed by atoms with Crippen LogP contribution in [0.25, 0.3) is 0 Å². The van der Waals surface area contributed by atoms with Crippen LogP contribution in [0.1, 0.15) is 44.7 Å². The Morgan fingerprint density at radius 1 is 0.529 bits per heavy atom. The Hall–Kier alpha value is -4.35. The first-order valence-electron chi connectivity index (χ1n) is 18.3. The van der Waals surface area contributed by atoms with Crippen LogP contribution in [0, 0.1) is 5.41 Å². The van der Waals surface area contributed by atoms with Gasteiger partial charge in [0.15, 0.2) is 0 Å². The molecular weight excluding hydrogens is 654 g/mol. The van der Waals surface area contributed by atoms with Crippen molar-refractivity contribution in [1.82, 2.24) is 4.90 Å². The van der Waals surface area contributed by atoms with Crippen LogP contribution in [0.15, 0.2) is 170 Å². The van der Waals surface area contributed by atoms with Crippen molar-refractivity contribution in [1.29, 1.82) is 0 Å². The van der Waals surface area contributed by atoms with E-state index in [1.165, 1.54) is 55.8 Å². The van der Waals surface area contributed by atoms with Gasteiger partial charge in [-0.3, -0.25) is 9.48 Å². The first kappa shape index (κ1) is 33.8. The lowest BCUT2D eigenvalue weighted by Gasteiger charge is -2.47. The molecule has 0 N–H and O–H groups in total. The largest absolute Gasteiger partial charge is 0.261 e. The minimum Gasteiger partial charge on any atom is -0.261 e. The second-order valence-corrected chi connectivity index (χ2v) is 19.1. The van der Waals surface area contributed by atoms with E-state index in [4.69, 9.17) is 0 Å². The van der Waals surface area contributed by atoms with Gasteiger partial charge < -0.3 is 0 Å². The molecule has 1 heterocycles. The predicted molar refractivity (Wildman–Crippen MR) is 221 cm³/mol. The van der Waals surface area contributed by atoms with Crippen molar-refractivity contribution < 1.29 is 4.58 Å². The second-order valence-electron chi connectivity index (χ2n) is 14.7. The number of benzene rings is 6. The molecule has 1 aliphatic heterocycles. The van der Waals surface area contributed by atoms with Crippen molar-refractivity contribution >= 4 is 54.0 Å². The molecule has 2 aliphatic rings. The average Bonchev–Trinajstić information content (AvgIpc) is 3.32. The fourth-order valence-corrected chi connectivity index (χ4v) is 13.5. The zero-order valence-electron chi connectivity index (χ0n) is 29.9. The lowest BCUT2D eigenvalue weighted by molar-refractivity contribution is -0.602. The maximum Gasteiger partial charge on any atom is 0.235 e. The zero-order valence-corrected chi connectivity index (χ0v) is 31.7. The van der Waals surface area contributed by atoms with Crippen LogP contribution in [-0.2, 0) is 13.1 Å². The van der Waals surface area contributed by atoms with Gasteiger partial charge in [0, 0.05) is 16.5 Å². The van der Waals surface area contributed by atoms with Crippen molar-refractivity contribution in [2.24, 2.45) is 5.41 Å². The summed E-state index contributed by atoms with van der Waals surface area (Å²) < 4.78 is 2.71. The second kappa shape index (κ2) is 14.3. The molecule has 1 fully saturated rings. The summed E-state index contributed by atoms with van der Waals surface area (Å²) in [7, 11) is -1.40. The normalized spacial score (nSPS) is 19.4. The van der Waals surface area contributed by atoms with E-state index in [1.807, 2.05) is 0 Å². The maximum absolute atomic E-state index is 2.72. The van der Waals surface area contributed by atoms with Gasteiger partial charge in [-0.05, 0) is 67.4 Å². The average molecular weight is 702 g/mol. The summed E-state index contributed by atoms with van der Waals surface area (Å²) in [6.07, 6.45) is 4.92. The molecule has 0 spiro atoms. The molecule has 0 aromatic heterocycles. The quantitative estimate of drug-likeness (QED) is 0.103. The van der Waals surface area contributed by atoms with E-state index in [1.54, 1.807) is 0 Å². The molecule has 8 rings (SSSR count). The van der Waals surface area contributed by atoms with Crippen LogP contribution >= 0.6 is 15.8 Å². The van der Waals surface area contributed by atoms with E-state index in [-0.39, 0.29) is 11.0 Å². The van der Waals surface area contributed by atoms with Gasteiger partial charge in [-0.1, -0.05) is 184 Å². The Labute approximate surface area is 307 Å². The SMILES string of the molecule is CC1(C)[C@@H]2CC[C@@]1(C)N(Cc1ccccc1P(c1ccccc1)c1ccccc1)C=[N+]2Cc1ccccc1P(c1ccccc1)c1ccccc1. The third kappa shape index (κ3) is 6.39. The zero-order chi connectivity index (χ0) is 34.8. The van der Waals surface area contributed by atoms with E-state index in [2.05, 4.69) is 206 Å². The van der Waals surface area contributed by atoms with E-state index >= 15 is 0 Å². The van der Waals surface area contributed by atoms with Gasteiger partial charge in [0.1, 0.15) is 24.7 Å². The van der Waals surface area contributed by atoms with Crippen molar-refractivity contribution in [3.8, 4) is 0 Å². The van der Waals surface area contributed by atoms with Crippen molar-refractivity contribution in [3.05, 3.63) is 181 Å². The van der Waals surface area contributed by atoms with Gasteiger partial charge in [-0.2, -0.15) is 0 Å². The van der Waals surface area contributed by atoms with E-state index < -0.39 is 15.8 Å². The Morgan fingerprint density at radius 3 is 1.39 bits per heavy atom. The molecular formula is C47H47N2P2+. The summed E-state index contributed by atoms with van der Waals surface area (Å²) in [6.45, 7) is 9.37. The van der Waals surface area contributed by atoms with E-state index in [9.17, 15) is 0 Å². The molecule has 0 amide bonds. The minimum absolute atomic E-state index is 0.0593. The molecule has 1 aliphatic carbocycles. The fourth-order valence-electron chi connectivity index (χ4n) is 8.58. The minimum atomic E-state index is -0.701. The summed E-state index contributed by atoms with van der Waals surface area (Å²) in [5.41, 5.74) is 3.02. The number of hydrogen-bond donors (Lipinski definition) is 0. The van der Waals surface area contributed by atoms with Crippen LogP contribution in [0.2, 0.25) is 0 Å². The van der Waals surface area contributed by atoms with E-state index in [0.29, 0.717) is 6.04 Å². The summed E-state index contributed by atoms with van der Waals surface area (Å²) in [5.74, 6) is 0. The standard InChI is InChI=1S/C47H47N2P2/c1-46(2)45-32-33-47(46,3)49(35-38-21-17-19-31-44(38)51(41-26-12-6-13-27-41)42-28-14-7-15-29-42)36-48(45)34-37-20-16-18-30-43(37)50(39-22-8-4-9-23-39)40-24-10-5-11-25-40/h4-31,36,45H,32-35H2,1-3H3/q+1/t45-,47+/m0/s1. The van der Waals surface area contributed by atoms with Gasteiger partial charge in [0.2, 0.25) is 6.34 Å². The highest BCUT2D eigenvalue weighted by Crippen LogP contribution is 2.53. The molecule has 0 saturated heterocycles. The molecule has 0 unspecified atom stereocenters. The Morgan fingerprint density at radius 2 is 0.922 bits per heavy atom. The highest BCUT2D eigenvalue weighted by Gasteiger charge is 2.63. The molecule has 51 heavy (non-hydrogen) atoms. The first-order chi connectivity index (χ1) is 24.9. The maximum atomic E-state index is 2.72. The van der Waals surface area contributed by atoms with Crippen molar-refractivity contribution in [3.63, 3.8) is 0 Å². The molecule has 2 atom stereocenters. The number of nitrogens with zero attached hydrogens (tertiary/aromatic N) is 2. The fraction of sp³-hybridized carbons (Fsp3) is 0.213. The summed E-state index contributed by atoms with van der Waals surface area (Å²) >= 11 is 0. The van der Waals surface area contributed by atoms with Crippen LogP contribution in [0.5, 0.6) is 0 Å². The molecule has 4 heteroatoms. The van der Waals surface area contributed by atoms with Crippen LogP contribution in [0.4, 0.5) is 0 Å². The Bertz CT molecular complexity index is 2040. The molecule has 2 nitrogen and oxygen atoms in total. The smallest absolute Gasteiger partial charge is 0.235 e. The predicted octanol–water partition coefficient (Wildman–Crippen LogP) is 8.21. The molecule has 0 radical (unpaired) electrons. The molecule has 6 aromatic carbocycles. The molecule has 1 saturated carbocycles. The lowest BCUT2D eigenvalue weighted by Crippen LogP contribution is -2.61. The third-order valence-electron chi connectivity index (χ3n) is 11.7. The van der Waals surface area contributed by atoms with Crippen molar-refractivity contribution in [2.75, 3.05) is 0 Å². The summed E-state index contributed by atoms with van der Waals surface area (Å²) in [5, 5.41) is 8.49. The number of hydrogen-bond acceptors (Lipinski definition) is 1. The Balaban J connectivity index is 1.19. The van der Waals surface area contributed by atoms with Gasteiger partial charge in [0.05, 0.1) is 0 Å². The monoisotopic (exact) mass is 701 g/mol. The molecule has 254 valence electrons. The van der Waals surface area contributed by atoms with Crippen LogP contribution in [-0.4, -0.2) is 27.4 Å². The van der Waals surface area contributed by atoms with Gasteiger partial charge in [0.25, 0.3) is 0 Å². The summed E-state index contributed by atoms with van der Waals surface area (Å²) in [4.78, 5) is 2.72. The lowest BCUT2D eigenvalue weighted by atomic mass is 9.71. The van der Waals surface area contributed by atoms with Gasteiger partial charge in [-0.25, -0.2) is 0 Å². The van der Waals surface area contributed by atoms with Crippen LogP contribution in [0.3, 0.4) is 0 Å². The van der Waals surface area contributed by atoms with Gasteiger partial charge >= 0.3 is 0 Å². The number of fused-ring (bicyclic) bond motifs is 2. The highest BCUT2D eigenvalue weighted by atomic mass is 31.1. The van der Waals surface area contributed by atoms with Crippen LogP contribution < -0.4 is 31.8 Å².